The van der Waals surface area contributed by atoms with E-state index in [2.05, 4.69) is 15.0 Å². The number of nitrogens with zero attached hydrogens (tertiary/aromatic N) is 4. The van der Waals surface area contributed by atoms with E-state index in [-0.39, 0.29) is 5.54 Å². The van der Waals surface area contributed by atoms with Crippen LogP contribution < -0.4 is 10.6 Å². The molecule has 0 radical (unpaired) electrons. The van der Waals surface area contributed by atoms with Crippen LogP contribution in [0.15, 0.2) is 36.9 Å². The minimum atomic E-state index is -0.278. The van der Waals surface area contributed by atoms with Gasteiger partial charge in [-0.3, -0.25) is 4.98 Å². The van der Waals surface area contributed by atoms with Crippen molar-refractivity contribution in [3.8, 4) is 11.1 Å². The van der Waals surface area contributed by atoms with Crippen LogP contribution in [0, 0.1) is 0 Å². The lowest BCUT2D eigenvalue weighted by Crippen LogP contribution is -2.44. The summed E-state index contributed by atoms with van der Waals surface area (Å²) in [5, 5.41) is 0. The second-order valence-electron chi connectivity index (χ2n) is 5.36. The number of aromatic nitrogens is 3. The van der Waals surface area contributed by atoms with Crippen molar-refractivity contribution < 1.29 is 0 Å². The summed E-state index contributed by atoms with van der Waals surface area (Å²) in [6, 6.07) is 3.88. The fourth-order valence-electron chi connectivity index (χ4n) is 1.88. The molecule has 0 aliphatic carbocycles. The van der Waals surface area contributed by atoms with E-state index in [1.54, 1.807) is 24.8 Å². The smallest absolute Gasteiger partial charge is 0.225 e. The first-order valence-corrected chi connectivity index (χ1v) is 6.18. The molecule has 0 amide bonds. The summed E-state index contributed by atoms with van der Waals surface area (Å²) in [6.07, 6.45) is 7.15. The van der Waals surface area contributed by atoms with Gasteiger partial charge in [0.15, 0.2) is 0 Å². The van der Waals surface area contributed by atoms with E-state index in [0.717, 1.165) is 11.1 Å². The highest BCUT2D eigenvalue weighted by atomic mass is 15.2. The number of nitrogens with two attached hydrogens (primary N) is 1. The molecule has 0 atom stereocenters. The Bertz CT molecular complexity index is 516. The zero-order valence-corrected chi connectivity index (χ0v) is 11.5. The van der Waals surface area contributed by atoms with Crippen molar-refractivity contribution in [2.45, 2.75) is 19.4 Å². The largest absolute Gasteiger partial charge is 0.342 e. The maximum Gasteiger partial charge on any atom is 0.225 e. The van der Waals surface area contributed by atoms with Crippen LogP contribution in [0.25, 0.3) is 11.1 Å². The Hall–Kier alpha value is -2.01. The van der Waals surface area contributed by atoms with Gasteiger partial charge in [0.25, 0.3) is 0 Å². The molecule has 2 N–H and O–H groups in total. The van der Waals surface area contributed by atoms with Gasteiger partial charge in [0, 0.05) is 55.0 Å². The van der Waals surface area contributed by atoms with Crippen LogP contribution in [0.2, 0.25) is 0 Å². The Balaban J connectivity index is 2.15. The lowest BCUT2D eigenvalue weighted by atomic mass is 10.1. The summed E-state index contributed by atoms with van der Waals surface area (Å²) in [6.45, 7) is 4.65. The molecule has 0 saturated heterocycles. The van der Waals surface area contributed by atoms with Crippen molar-refractivity contribution >= 4 is 5.95 Å². The average Bonchev–Trinajstić information content (AvgIpc) is 2.38. The predicted molar refractivity (Wildman–Crippen MR) is 76.8 cm³/mol. The highest BCUT2D eigenvalue weighted by Gasteiger charge is 2.15. The highest BCUT2D eigenvalue weighted by Crippen LogP contribution is 2.17. The van der Waals surface area contributed by atoms with Gasteiger partial charge in [0.1, 0.15) is 0 Å². The molecule has 2 rings (SSSR count). The van der Waals surface area contributed by atoms with E-state index < -0.39 is 0 Å². The molecule has 0 saturated carbocycles. The highest BCUT2D eigenvalue weighted by molar-refractivity contribution is 5.60. The van der Waals surface area contributed by atoms with Crippen molar-refractivity contribution in [2.75, 3.05) is 18.5 Å². The molecule has 2 aromatic rings. The molecular weight excluding hydrogens is 238 g/mol. The Kier molecular flexibility index (Phi) is 3.76. The number of pyridine rings is 1. The van der Waals surface area contributed by atoms with Gasteiger partial charge >= 0.3 is 0 Å². The normalized spacial score (nSPS) is 11.4. The maximum atomic E-state index is 5.99. The Morgan fingerprint density at radius 3 is 2.37 bits per heavy atom. The van der Waals surface area contributed by atoms with Crippen LogP contribution in [0.4, 0.5) is 5.95 Å². The maximum absolute atomic E-state index is 5.99. The van der Waals surface area contributed by atoms with Gasteiger partial charge in [-0.1, -0.05) is 6.07 Å². The summed E-state index contributed by atoms with van der Waals surface area (Å²) in [5.41, 5.74) is 7.68. The number of hydrogen-bond donors (Lipinski definition) is 1. The number of rotatable bonds is 4. The molecule has 5 nitrogen and oxygen atoms in total. The SMILES string of the molecule is CN(CC(C)(C)N)c1ncc(-c2cccnc2)cn1. The summed E-state index contributed by atoms with van der Waals surface area (Å²) in [5.74, 6) is 0.672. The fourth-order valence-corrected chi connectivity index (χ4v) is 1.88. The molecule has 0 fully saturated rings. The molecule has 2 aromatic heterocycles. The van der Waals surface area contributed by atoms with Crippen molar-refractivity contribution in [2.24, 2.45) is 5.73 Å². The van der Waals surface area contributed by atoms with Crippen molar-refractivity contribution in [3.63, 3.8) is 0 Å². The van der Waals surface area contributed by atoms with Crippen LogP contribution in [-0.2, 0) is 0 Å². The van der Waals surface area contributed by atoms with Gasteiger partial charge in [0.05, 0.1) is 0 Å². The van der Waals surface area contributed by atoms with Crippen molar-refractivity contribution in [1.29, 1.82) is 0 Å². The molecule has 0 aliphatic rings. The van der Waals surface area contributed by atoms with Crippen LogP contribution in [0.3, 0.4) is 0 Å². The van der Waals surface area contributed by atoms with Crippen LogP contribution in [-0.4, -0.2) is 34.1 Å². The van der Waals surface area contributed by atoms with Crippen molar-refractivity contribution in [1.82, 2.24) is 15.0 Å². The van der Waals surface area contributed by atoms with Crippen LogP contribution in [0.5, 0.6) is 0 Å². The fraction of sp³-hybridized carbons (Fsp3) is 0.357. The molecule has 2 heterocycles. The second-order valence-corrected chi connectivity index (χ2v) is 5.36. The summed E-state index contributed by atoms with van der Waals surface area (Å²) >= 11 is 0. The van der Waals surface area contributed by atoms with E-state index in [9.17, 15) is 0 Å². The van der Waals surface area contributed by atoms with Crippen molar-refractivity contribution in [3.05, 3.63) is 36.9 Å². The molecule has 19 heavy (non-hydrogen) atoms. The van der Waals surface area contributed by atoms with E-state index in [1.165, 1.54) is 0 Å². The summed E-state index contributed by atoms with van der Waals surface area (Å²) in [7, 11) is 1.94. The molecule has 0 aromatic carbocycles. The van der Waals surface area contributed by atoms with Gasteiger partial charge in [-0.25, -0.2) is 9.97 Å². The Labute approximate surface area is 113 Å². The quantitative estimate of drug-likeness (QED) is 0.903. The topological polar surface area (TPSA) is 67.9 Å². The van der Waals surface area contributed by atoms with E-state index in [0.29, 0.717) is 12.5 Å². The van der Waals surface area contributed by atoms with Gasteiger partial charge in [0.2, 0.25) is 5.95 Å². The molecule has 0 unspecified atom stereocenters. The van der Waals surface area contributed by atoms with Crippen LogP contribution in [0.1, 0.15) is 13.8 Å². The molecule has 0 aliphatic heterocycles. The van der Waals surface area contributed by atoms with E-state index >= 15 is 0 Å². The third-order valence-corrected chi connectivity index (χ3v) is 2.62. The van der Waals surface area contributed by atoms with Crippen LogP contribution >= 0.6 is 0 Å². The second kappa shape index (κ2) is 5.32. The molecule has 100 valence electrons. The first-order chi connectivity index (χ1) is 8.96. The monoisotopic (exact) mass is 257 g/mol. The lowest BCUT2D eigenvalue weighted by Gasteiger charge is -2.26. The van der Waals surface area contributed by atoms with Gasteiger partial charge in [-0.2, -0.15) is 0 Å². The number of anilines is 1. The first kappa shape index (κ1) is 13.4. The summed E-state index contributed by atoms with van der Waals surface area (Å²) < 4.78 is 0. The van der Waals surface area contributed by atoms with Gasteiger partial charge < -0.3 is 10.6 Å². The standard InChI is InChI=1S/C14H19N5/c1-14(2,15)10-19(3)13-17-8-12(9-18-13)11-5-4-6-16-7-11/h4-9H,10,15H2,1-3H3. The minimum Gasteiger partial charge on any atom is -0.342 e. The van der Waals surface area contributed by atoms with E-state index in [4.69, 9.17) is 5.73 Å². The third-order valence-electron chi connectivity index (χ3n) is 2.62. The van der Waals surface area contributed by atoms with E-state index in [1.807, 2.05) is 37.9 Å². The predicted octanol–water partition coefficient (Wildman–Crippen LogP) is 1.71. The molecule has 0 spiro atoms. The zero-order chi connectivity index (χ0) is 13.9. The Morgan fingerprint density at radius 2 is 1.84 bits per heavy atom. The molecule has 5 heteroatoms. The molecular formula is C14H19N5. The number of hydrogen-bond acceptors (Lipinski definition) is 5. The van der Waals surface area contributed by atoms with Gasteiger partial charge in [-0.15, -0.1) is 0 Å². The summed E-state index contributed by atoms with van der Waals surface area (Å²) in [4.78, 5) is 14.8. The lowest BCUT2D eigenvalue weighted by molar-refractivity contribution is 0.515. The average molecular weight is 257 g/mol. The first-order valence-electron chi connectivity index (χ1n) is 6.18. The number of likely N-dealkylation sites (N-methyl/N-ethyl adjacent to an activating group) is 1. The van der Waals surface area contributed by atoms with Gasteiger partial charge in [-0.05, 0) is 19.9 Å². The molecule has 0 bridgehead atoms. The Morgan fingerprint density at radius 1 is 1.16 bits per heavy atom. The third kappa shape index (κ3) is 3.72. The minimum absolute atomic E-state index is 0.278. The zero-order valence-electron chi connectivity index (χ0n) is 11.5.